The van der Waals surface area contributed by atoms with Crippen LogP contribution in [0.1, 0.15) is 41.9 Å². The van der Waals surface area contributed by atoms with Gasteiger partial charge in [-0.3, -0.25) is 14.5 Å². The molecule has 1 amide bonds. The number of amides is 1. The molecule has 2 aromatic rings. The lowest BCUT2D eigenvalue weighted by Gasteiger charge is -2.34. The third kappa shape index (κ3) is 3.62. The van der Waals surface area contributed by atoms with Crippen LogP contribution in [0, 0.1) is 0 Å². The predicted octanol–water partition coefficient (Wildman–Crippen LogP) is 2.28. The Balaban J connectivity index is 1.62. The molecule has 6 nitrogen and oxygen atoms in total. The summed E-state index contributed by atoms with van der Waals surface area (Å²) in [4.78, 5) is 32.2. The molecule has 1 fully saturated rings. The number of nitrogens with one attached hydrogen (secondary N) is 1. The standard InChI is InChI=1S/C17H23N3O3S/c1-17(2,3)14-13(24-16(22)18-14)11-19-6-8-20(9-7-19)15(21)12-5-4-10-23-12/h4-5,10H,6-9,11H2,1-3H3,(H,18,22). The minimum absolute atomic E-state index is 0.00144. The Morgan fingerprint density at radius 3 is 2.58 bits per heavy atom. The summed E-state index contributed by atoms with van der Waals surface area (Å²) in [6, 6.07) is 3.42. The van der Waals surface area contributed by atoms with Gasteiger partial charge in [-0.25, -0.2) is 0 Å². The Morgan fingerprint density at radius 2 is 2.00 bits per heavy atom. The molecule has 0 aromatic carbocycles. The van der Waals surface area contributed by atoms with Crippen LogP contribution >= 0.6 is 11.3 Å². The molecule has 0 saturated carbocycles. The molecule has 3 rings (SSSR count). The van der Waals surface area contributed by atoms with Gasteiger partial charge < -0.3 is 14.3 Å². The smallest absolute Gasteiger partial charge is 0.305 e. The van der Waals surface area contributed by atoms with Crippen LogP contribution in [0.15, 0.2) is 27.6 Å². The Labute approximate surface area is 145 Å². The molecular weight excluding hydrogens is 326 g/mol. The number of thiazole rings is 1. The van der Waals surface area contributed by atoms with Crippen molar-refractivity contribution in [2.24, 2.45) is 0 Å². The molecule has 0 spiro atoms. The molecule has 0 bridgehead atoms. The number of aromatic amines is 1. The number of rotatable bonds is 3. The van der Waals surface area contributed by atoms with E-state index in [4.69, 9.17) is 4.42 Å². The Kier molecular flexibility index (Phi) is 4.64. The second-order valence-electron chi connectivity index (χ2n) is 7.11. The number of carbonyl (C=O) groups excluding carboxylic acids is 1. The SMILES string of the molecule is CC(C)(C)c1[nH]c(=O)sc1CN1CCN(C(=O)c2ccco2)CC1. The minimum Gasteiger partial charge on any atom is -0.459 e. The predicted molar refractivity (Wildman–Crippen MR) is 93.5 cm³/mol. The van der Waals surface area contributed by atoms with Gasteiger partial charge in [-0.05, 0) is 12.1 Å². The number of aromatic nitrogens is 1. The van der Waals surface area contributed by atoms with Gasteiger partial charge in [0.15, 0.2) is 5.76 Å². The largest absolute Gasteiger partial charge is 0.459 e. The van der Waals surface area contributed by atoms with Gasteiger partial charge in [-0.2, -0.15) is 0 Å². The molecule has 130 valence electrons. The van der Waals surface area contributed by atoms with Crippen LogP contribution < -0.4 is 4.87 Å². The lowest BCUT2D eigenvalue weighted by Crippen LogP contribution is -2.48. The van der Waals surface area contributed by atoms with Crippen molar-refractivity contribution in [3.63, 3.8) is 0 Å². The van der Waals surface area contributed by atoms with Gasteiger partial charge in [0.2, 0.25) is 0 Å². The zero-order valence-corrected chi connectivity index (χ0v) is 15.1. The monoisotopic (exact) mass is 349 g/mol. The number of H-pyrrole nitrogens is 1. The van der Waals surface area contributed by atoms with Crippen molar-refractivity contribution in [2.75, 3.05) is 26.2 Å². The summed E-state index contributed by atoms with van der Waals surface area (Å²) in [7, 11) is 0. The Bertz CT molecular complexity index is 747. The second-order valence-corrected chi connectivity index (χ2v) is 8.18. The van der Waals surface area contributed by atoms with E-state index in [-0.39, 0.29) is 16.2 Å². The average molecular weight is 349 g/mol. The Hall–Kier alpha value is -1.86. The van der Waals surface area contributed by atoms with E-state index in [0.29, 0.717) is 18.8 Å². The van der Waals surface area contributed by atoms with Crippen LogP contribution in [0.25, 0.3) is 0 Å². The molecular formula is C17H23N3O3S. The average Bonchev–Trinajstić information content (AvgIpc) is 3.16. The zero-order valence-electron chi connectivity index (χ0n) is 14.3. The van der Waals surface area contributed by atoms with Crippen molar-refractivity contribution in [3.8, 4) is 0 Å². The fourth-order valence-electron chi connectivity index (χ4n) is 2.95. The number of nitrogens with zero attached hydrogens (tertiary/aromatic N) is 2. The Morgan fingerprint density at radius 1 is 1.29 bits per heavy atom. The van der Waals surface area contributed by atoms with Crippen molar-refractivity contribution in [1.29, 1.82) is 0 Å². The normalized spacial score (nSPS) is 16.5. The highest BCUT2D eigenvalue weighted by molar-refractivity contribution is 7.09. The maximum Gasteiger partial charge on any atom is 0.305 e. The highest BCUT2D eigenvalue weighted by Gasteiger charge is 2.26. The lowest BCUT2D eigenvalue weighted by molar-refractivity contribution is 0.0598. The van der Waals surface area contributed by atoms with Gasteiger partial charge in [-0.15, -0.1) is 0 Å². The first-order valence-electron chi connectivity index (χ1n) is 8.12. The molecule has 1 aliphatic heterocycles. The van der Waals surface area contributed by atoms with E-state index in [1.165, 1.54) is 17.6 Å². The zero-order chi connectivity index (χ0) is 17.3. The van der Waals surface area contributed by atoms with Crippen molar-refractivity contribution in [3.05, 3.63) is 44.4 Å². The van der Waals surface area contributed by atoms with Gasteiger partial charge in [0, 0.05) is 48.7 Å². The van der Waals surface area contributed by atoms with Crippen LogP contribution in [0.2, 0.25) is 0 Å². The third-order valence-electron chi connectivity index (χ3n) is 4.23. The van der Waals surface area contributed by atoms with E-state index in [1.54, 1.807) is 12.1 Å². The van der Waals surface area contributed by atoms with E-state index >= 15 is 0 Å². The molecule has 3 heterocycles. The molecule has 24 heavy (non-hydrogen) atoms. The van der Waals surface area contributed by atoms with Crippen LogP contribution in [-0.2, 0) is 12.0 Å². The van der Waals surface area contributed by atoms with Gasteiger partial charge in [-0.1, -0.05) is 32.1 Å². The second kappa shape index (κ2) is 6.57. The van der Waals surface area contributed by atoms with Gasteiger partial charge in [0.05, 0.1) is 6.26 Å². The van der Waals surface area contributed by atoms with Crippen molar-refractivity contribution >= 4 is 17.2 Å². The number of hydrogen-bond acceptors (Lipinski definition) is 5. The fraction of sp³-hybridized carbons (Fsp3) is 0.529. The van der Waals surface area contributed by atoms with Gasteiger partial charge in [0.25, 0.3) is 5.91 Å². The van der Waals surface area contributed by atoms with Crippen molar-refractivity contribution < 1.29 is 9.21 Å². The lowest BCUT2D eigenvalue weighted by atomic mass is 9.91. The molecule has 0 unspecified atom stereocenters. The minimum atomic E-state index is -0.0778. The molecule has 2 aromatic heterocycles. The van der Waals surface area contributed by atoms with E-state index in [9.17, 15) is 9.59 Å². The van der Waals surface area contributed by atoms with E-state index in [2.05, 4.69) is 30.7 Å². The number of piperazine rings is 1. The molecule has 0 atom stereocenters. The van der Waals surface area contributed by atoms with E-state index in [1.807, 2.05) is 4.90 Å². The quantitative estimate of drug-likeness (QED) is 0.923. The fourth-order valence-corrected chi connectivity index (χ4v) is 4.03. The van der Waals surface area contributed by atoms with Crippen LogP contribution in [0.4, 0.5) is 0 Å². The third-order valence-corrected chi connectivity index (χ3v) is 5.10. The molecule has 0 aliphatic carbocycles. The van der Waals surface area contributed by atoms with Crippen LogP contribution in [0.5, 0.6) is 0 Å². The van der Waals surface area contributed by atoms with Crippen molar-refractivity contribution in [2.45, 2.75) is 32.7 Å². The molecule has 7 heteroatoms. The highest BCUT2D eigenvalue weighted by atomic mass is 32.1. The van der Waals surface area contributed by atoms with E-state index < -0.39 is 0 Å². The summed E-state index contributed by atoms with van der Waals surface area (Å²) in [6.07, 6.45) is 1.52. The maximum absolute atomic E-state index is 12.3. The van der Waals surface area contributed by atoms with E-state index in [0.717, 1.165) is 30.2 Å². The summed E-state index contributed by atoms with van der Waals surface area (Å²) in [6.45, 7) is 9.99. The maximum atomic E-state index is 12.3. The molecule has 1 aliphatic rings. The highest BCUT2D eigenvalue weighted by Crippen LogP contribution is 2.26. The summed E-state index contributed by atoms with van der Waals surface area (Å²) in [5.41, 5.74) is 0.942. The van der Waals surface area contributed by atoms with Crippen LogP contribution in [0.3, 0.4) is 0 Å². The first kappa shape index (κ1) is 17.0. The number of carbonyl (C=O) groups is 1. The summed E-state index contributed by atoms with van der Waals surface area (Å²) in [5.74, 6) is 0.337. The van der Waals surface area contributed by atoms with Gasteiger partial charge in [0.1, 0.15) is 0 Å². The number of hydrogen-bond donors (Lipinski definition) is 1. The molecule has 1 N–H and O–H groups in total. The topological polar surface area (TPSA) is 69.6 Å². The summed E-state index contributed by atoms with van der Waals surface area (Å²) in [5, 5.41) is 0. The van der Waals surface area contributed by atoms with Crippen LogP contribution in [-0.4, -0.2) is 46.9 Å². The summed E-state index contributed by atoms with van der Waals surface area (Å²) >= 11 is 1.29. The first-order valence-corrected chi connectivity index (χ1v) is 8.94. The summed E-state index contributed by atoms with van der Waals surface area (Å²) < 4.78 is 5.18. The first-order chi connectivity index (χ1) is 11.3. The van der Waals surface area contributed by atoms with Crippen molar-refractivity contribution in [1.82, 2.24) is 14.8 Å². The molecule has 0 radical (unpaired) electrons. The number of furan rings is 1. The van der Waals surface area contributed by atoms with Gasteiger partial charge >= 0.3 is 4.87 Å². The molecule has 1 saturated heterocycles.